The highest BCUT2D eigenvalue weighted by molar-refractivity contribution is 5.80. The number of aromatic nitrogens is 6. The number of halogens is 2. The zero-order valence-electron chi connectivity index (χ0n) is 18.1. The molecule has 8 nitrogen and oxygen atoms in total. The number of nitrogens with one attached hydrogen (secondary N) is 1. The quantitative estimate of drug-likeness (QED) is 0.408. The summed E-state index contributed by atoms with van der Waals surface area (Å²) in [5.41, 5.74) is 1.71. The van der Waals surface area contributed by atoms with Crippen LogP contribution in [0.15, 0.2) is 42.9 Å². The Morgan fingerprint density at radius 3 is 2.73 bits per heavy atom. The Bertz CT molecular complexity index is 1500. The van der Waals surface area contributed by atoms with Crippen molar-refractivity contribution in [2.24, 2.45) is 0 Å². The van der Waals surface area contributed by atoms with Crippen molar-refractivity contribution in [2.75, 3.05) is 0 Å². The molecule has 5 aromatic rings. The van der Waals surface area contributed by atoms with E-state index < -0.39 is 23.0 Å². The van der Waals surface area contributed by atoms with E-state index in [0.29, 0.717) is 29.1 Å². The fourth-order valence-electron chi connectivity index (χ4n) is 3.57. The van der Waals surface area contributed by atoms with Crippen LogP contribution in [0.5, 0.6) is 11.5 Å². The lowest BCUT2D eigenvalue weighted by molar-refractivity contribution is 0.0577. The molecule has 0 atom stereocenters. The molecular weight excluding hydrogens is 430 g/mol. The van der Waals surface area contributed by atoms with Crippen LogP contribution in [-0.4, -0.2) is 40.4 Å². The zero-order chi connectivity index (χ0) is 23.3. The van der Waals surface area contributed by atoms with E-state index in [-0.39, 0.29) is 16.8 Å². The molecule has 0 aliphatic heterocycles. The van der Waals surface area contributed by atoms with Gasteiger partial charge in [-0.15, -0.1) is 0 Å². The Kier molecular flexibility index (Phi) is 4.82. The number of nitrogens with zero attached hydrogens (tertiary/aromatic N) is 5. The molecule has 0 aliphatic carbocycles. The van der Waals surface area contributed by atoms with Crippen LogP contribution in [0.3, 0.4) is 0 Å². The van der Waals surface area contributed by atoms with Crippen LogP contribution in [-0.2, 0) is 6.54 Å². The summed E-state index contributed by atoms with van der Waals surface area (Å²) in [6, 6.07) is 5.94. The highest BCUT2D eigenvalue weighted by Crippen LogP contribution is 2.33. The van der Waals surface area contributed by atoms with E-state index >= 15 is 0 Å². The van der Waals surface area contributed by atoms with Gasteiger partial charge in [0.15, 0.2) is 11.6 Å². The zero-order valence-corrected chi connectivity index (χ0v) is 18.1. The van der Waals surface area contributed by atoms with Crippen molar-refractivity contribution in [3.8, 4) is 22.8 Å². The second-order valence-electron chi connectivity index (χ2n) is 8.47. The van der Waals surface area contributed by atoms with Gasteiger partial charge >= 0.3 is 0 Å². The van der Waals surface area contributed by atoms with Crippen molar-refractivity contribution in [3.05, 3.63) is 60.3 Å². The lowest BCUT2D eigenvalue weighted by Crippen LogP contribution is -2.26. The average molecular weight is 450 g/mol. The monoisotopic (exact) mass is 450 g/mol. The number of hydrogen-bond acceptors (Lipinski definition) is 6. The highest BCUT2D eigenvalue weighted by Gasteiger charge is 2.19. The number of rotatable bonds is 5. The summed E-state index contributed by atoms with van der Waals surface area (Å²) >= 11 is 0. The summed E-state index contributed by atoms with van der Waals surface area (Å²) in [7, 11) is 0. The number of aromatic amines is 1. The van der Waals surface area contributed by atoms with Gasteiger partial charge in [0.1, 0.15) is 17.1 Å². The minimum Gasteiger partial charge on any atom is -0.451 e. The first-order valence-electron chi connectivity index (χ1n) is 10.2. The summed E-state index contributed by atoms with van der Waals surface area (Å²) in [4.78, 5) is 15.9. The van der Waals surface area contributed by atoms with Gasteiger partial charge in [-0.2, -0.15) is 5.10 Å². The van der Waals surface area contributed by atoms with Crippen molar-refractivity contribution >= 4 is 22.1 Å². The van der Waals surface area contributed by atoms with Gasteiger partial charge in [-0.05, 0) is 32.9 Å². The fourth-order valence-corrected chi connectivity index (χ4v) is 3.57. The summed E-state index contributed by atoms with van der Waals surface area (Å²) in [5.74, 6) is -1.59. The molecule has 168 valence electrons. The summed E-state index contributed by atoms with van der Waals surface area (Å²) < 4.78 is 36.6. The third-order valence-electron chi connectivity index (χ3n) is 4.96. The Hall–Kier alpha value is -3.92. The predicted molar refractivity (Wildman–Crippen MR) is 118 cm³/mol. The lowest BCUT2D eigenvalue weighted by Gasteiger charge is -2.16. The van der Waals surface area contributed by atoms with Crippen LogP contribution < -0.4 is 4.74 Å². The van der Waals surface area contributed by atoms with Gasteiger partial charge in [0.05, 0.1) is 46.8 Å². The van der Waals surface area contributed by atoms with Crippen molar-refractivity contribution < 1.29 is 18.6 Å². The maximum atomic E-state index is 14.8. The Balaban J connectivity index is 1.48. The largest absolute Gasteiger partial charge is 0.451 e. The Morgan fingerprint density at radius 2 is 1.94 bits per heavy atom. The number of H-pyrrole nitrogens is 1. The number of fused-ring (bicyclic) bond motifs is 2. The topological polar surface area (TPSA) is 102 Å². The van der Waals surface area contributed by atoms with Crippen molar-refractivity contribution in [1.29, 1.82) is 0 Å². The molecule has 0 unspecified atom stereocenters. The number of benzene rings is 2. The van der Waals surface area contributed by atoms with Crippen molar-refractivity contribution in [1.82, 2.24) is 29.7 Å². The molecule has 0 fully saturated rings. The van der Waals surface area contributed by atoms with Gasteiger partial charge in [-0.3, -0.25) is 9.67 Å². The molecule has 3 heterocycles. The average Bonchev–Trinajstić information content (AvgIpc) is 3.35. The molecule has 33 heavy (non-hydrogen) atoms. The second-order valence-corrected chi connectivity index (χ2v) is 8.47. The van der Waals surface area contributed by atoms with Crippen LogP contribution in [0.4, 0.5) is 8.78 Å². The summed E-state index contributed by atoms with van der Waals surface area (Å²) in [5, 5.41) is 14.2. The van der Waals surface area contributed by atoms with E-state index in [0.717, 1.165) is 11.6 Å². The molecule has 10 heteroatoms. The molecule has 0 spiro atoms. The molecular formula is C23H20F2N6O2. The molecule has 2 aromatic carbocycles. The van der Waals surface area contributed by atoms with Crippen LogP contribution in [0.2, 0.25) is 0 Å². The smallest absolute Gasteiger partial charge is 0.201 e. The Labute approximate surface area is 186 Å². The van der Waals surface area contributed by atoms with Gasteiger partial charge < -0.3 is 14.8 Å². The molecule has 2 N–H and O–H groups in total. The van der Waals surface area contributed by atoms with E-state index in [1.165, 1.54) is 0 Å². The predicted octanol–water partition coefficient (Wildman–Crippen LogP) is 4.52. The van der Waals surface area contributed by atoms with Crippen LogP contribution in [0, 0.1) is 18.6 Å². The van der Waals surface area contributed by atoms with E-state index in [4.69, 9.17) is 4.74 Å². The van der Waals surface area contributed by atoms with Crippen molar-refractivity contribution in [3.63, 3.8) is 0 Å². The van der Waals surface area contributed by atoms with Crippen LogP contribution >= 0.6 is 0 Å². The first-order valence-corrected chi connectivity index (χ1v) is 10.2. The van der Waals surface area contributed by atoms with E-state index in [2.05, 4.69) is 25.0 Å². The molecule has 0 radical (unpaired) electrons. The fraction of sp³-hybridized carbons (Fsp3) is 0.217. The number of hydrogen-bond donors (Lipinski definition) is 2. The maximum Gasteiger partial charge on any atom is 0.201 e. The van der Waals surface area contributed by atoms with Crippen molar-refractivity contribution in [2.45, 2.75) is 32.9 Å². The van der Waals surface area contributed by atoms with Gasteiger partial charge in [-0.1, -0.05) is 0 Å². The Morgan fingerprint density at radius 1 is 1.12 bits per heavy atom. The van der Waals surface area contributed by atoms with Gasteiger partial charge in [0.2, 0.25) is 5.75 Å². The number of aryl methyl sites for hydroxylation is 1. The first-order chi connectivity index (χ1) is 15.7. The van der Waals surface area contributed by atoms with E-state index in [1.54, 1.807) is 62.2 Å². The molecule has 5 rings (SSSR count). The molecule has 0 saturated heterocycles. The minimum atomic E-state index is -0.910. The number of imidazole rings is 1. The summed E-state index contributed by atoms with van der Waals surface area (Å²) in [6.07, 6.45) is 5.01. The maximum absolute atomic E-state index is 14.8. The molecule has 3 aromatic heterocycles. The lowest BCUT2D eigenvalue weighted by atomic mass is 10.1. The summed E-state index contributed by atoms with van der Waals surface area (Å²) in [6.45, 7) is 5.37. The first kappa shape index (κ1) is 21.0. The van der Waals surface area contributed by atoms with Gasteiger partial charge in [0.25, 0.3) is 0 Å². The third kappa shape index (κ3) is 4.12. The molecule has 0 aliphatic rings. The normalized spacial score (nSPS) is 12.1. The van der Waals surface area contributed by atoms with Crippen LogP contribution in [0.1, 0.15) is 19.7 Å². The van der Waals surface area contributed by atoms with Gasteiger partial charge in [-0.25, -0.2) is 18.7 Å². The standard InChI is InChI=1S/C23H20F2N6O2/c1-12-28-18-7-15(24)22(20(25)21(18)29-12)33-14-4-5-16-17(6-14)30-19(9-26-16)13-8-27-31(10-13)11-23(2,3)32/h4-10,32H,11H2,1-3H3,(H,28,29). The third-order valence-corrected chi connectivity index (χ3v) is 4.96. The van der Waals surface area contributed by atoms with Gasteiger partial charge in [0, 0.05) is 23.9 Å². The van der Waals surface area contributed by atoms with E-state index in [9.17, 15) is 13.9 Å². The minimum absolute atomic E-state index is 0.00911. The highest BCUT2D eigenvalue weighted by atomic mass is 19.1. The second kappa shape index (κ2) is 7.59. The molecule has 0 amide bonds. The number of aliphatic hydroxyl groups is 1. The van der Waals surface area contributed by atoms with E-state index in [1.807, 2.05) is 0 Å². The SMILES string of the molecule is Cc1nc2c(F)c(Oc3ccc4ncc(-c5cnn(CC(C)(C)O)c5)nc4c3)c(F)cc2[nH]1. The number of ether oxygens (including phenoxy) is 1. The van der Waals surface area contributed by atoms with Crippen LogP contribution in [0.25, 0.3) is 33.3 Å². The molecule has 0 saturated carbocycles. The molecule has 0 bridgehead atoms.